The number of hydrogen-bond donors (Lipinski definition) is 2. The van der Waals surface area contributed by atoms with Gasteiger partial charge in [0.05, 0.1) is 6.67 Å². The van der Waals surface area contributed by atoms with Gasteiger partial charge in [-0.1, -0.05) is 0 Å². The van der Waals surface area contributed by atoms with E-state index in [-0.39, 0.29) is 12.6 Å². The van der Waals surface area contributed by atoms with Crippen molar-refractivity contribution in [2.75, 3.05) is 26.8 Å². The van der Waals surface area contributed by atoms with E-state index in [4.69, 9.17) is 0 Å². The van der Waals surface area contributed by atoms with Crippen LogP contribution in [-0.4, -0.2) is 32.9 Å². The van der Waals surface area contributed by atoms with Crippen LogP contribution in [-0.2, 0) is 0 Å². The summed E-state index contributed by atoms with van der Waals surface area (Å²) in [5.41, 5.74) is 0. The van der Waals surface area contributed by atoms with Crippen LogP contribution in [0, 0.1) is 5.92 Å². The quantitative estimate of drug-likeness (QED) is 0.542. The maximum absolute atomic E-state index is 12.1. The maximum Gasteiger partial charge on any atom is 0.0950 e. The zero-order valence-corrected chi connectivity index (χ0v) is 5.65. The van der Waals surface area contributed by atoms with Crippen molar-refractivity contribution in [1.82, 2.24) is 10.6 Å². The number of rotatable bonds is 2. The Morgan fingerprint density at radius 1 is 1.67 bits per heavy atom. The second-order valence-corrected chi connectivity index (χ2v) is 2.47. The fraction of sp³-hybridized carbons (Fsp3) is 1.00. The second kappa shape index (κ2) is 3.13. The van der Waals surface area contributed by atoms with Crippen LogP contribution in [0.5, 0.6) is 0 Å². The van der Waals surface area contributed by atoms with Gasteiger partial charge < -0.3 is 10.6 Å². The van der Waals surface area contributed by atoms with Crippen molar-refractivity contribution in [1.29, 1.82) is 0 Å². The fourth-order valence-electron chi connectivity index (χ4n) is 1.23. The molecule has 0 amide bonds. The largest absolute Gasteiger partial charge is 0.315 e. The van der Waals surface area contributed by atoms with Gasteiger partial charge in [0.2, 0.25) is 0 Å². The molecule has 2 atom stereocenters. The van der Waals surface area contributed by atoms with Crippen LogP contribution >= 0.6 is 0 Å². The smallest absolute Gasteiger partial charge is 0.0950 e. The molecule has 0 bridgehead atoms. The van der Waals surface area contributed by atoms with Gasteiger partial charge in [-0.25, -0.2) is 0 Å². The molecule has 54 valence electrons. The topological polar surface area (TPSA) is 24.1 Å². The molecule has 1 heterocycles. The lowest BCUT2D eigenvalue weighted by Crippen LogP contribution is -2.33. The van der Waals surface area contributed by atoms with Crippen LogP contribution in [0.3, 0.4) is 0 Å². The molecule has 0 unspecified atom stereocenters. The van der Waals surface area contributed by atoms with Gasteiger partial charge in [0.1, 0.15) is 0 Å². The Bertz CT molecular complexity index is 77.1. The van der Waals surface area contributed by atoms with E-state index < -0.39 is 0 Å². The lowest BCUT2D eigenvalue weighted by molar-refractivity contribution is 0.337. The molecule has 1 saturated heterocycles. The van der Waals surface area contributed by atoms with Gasteiger partial charge in [0.15, 0.2) is 0 Å². The van der Waals surface area contributed by atoms with E-state index in [1.807, 2.05) is 7.05 Å². The van der Waals surface area contributed by atoms with Crippen molar-refractivity contribution < 1.29 is 4.39 Å². The molecule has 3 heteroatoms. The van der Waals surface area contributed by atoms with E-state index in [1.165, 1.54) is 0 Å². The van der Waals surface area contributed by atoms with Crippen LogP contribution in [0.25, 0.3) is 0 Å². The molecule has 1 aliphatic heterocycles. The van der Waals surface area contributed by atoms with Gasteiger partial charge in [0, 0.05) is 25.0 Å². The van der Waals surface area contributed by atoms with Crippen molar-refractivity contribution in [2.24, 2.45) is 5.92 Å². The normalized spacial score (nSPS) is 35.3. The first-order valence-electron chi connectivity index (χ1n) is 3.32. The van der Waals surface area contributed by atoms with Crippen LogP contribution in [0.1, 0.15) is 0 Å². The van der Waals surface area contributed by atoms with Gasteiger partial charge in [-0.05, 0) is 7.05 Å². The van der Waals surface area contributed by atoms with E-state index in [9.17, 15) is 4.39 Å². The summed E-state index contributed by atoms with van der Waals surface area (Å²) in [6, 6.07) is 0.343. The minimum absolute atomic E-state index is 0.190. The summed E-state index contributed by atoms with van der Waals surface area (Å²) in [6.45, 7) is 1.52. The van der Waals surface area contributed by atoms with Crippen molar-refractivity contribution in [3.05, 3.63) is 0 Å². The molecule has 1 fully saturated rings. The highest BCUT2D eigenvalue weighted by atomic mass is 19.1. The molecular formula is C6H13FN2. The van der Waals surface area contributed by atoms with Crippen LogP contribution in [0.4, 0.5) is 4.39 Å². The van der Waals surface area contributed by atoms with Gasteiger partial charge in [-0.3, -0.25) is 4.39 Å². The van der Waals surface area contributed by atoms with E-state index in [2.05, 4.69) is 10.6 Å². The molecule has 0 aliphatic carbocycles. The zero-order valence-electron chi connectivity index (χ0n) is 5.65. The zero-order chi connectivity index (χ0) is 6.69. The lowest BCUT2D eigenvalue weighted by atomic mass is 10.1. The monoisotopic (exact) mass is 132 g/mol. The Hall–Kier alpha value is -0.150. The molecule has 2 nitrogen and oxygen atoms in total. The highest BCUT2D eigenvalue weighted by molar-refractivity contribution is 4.84. The summed E-state index contributed by atoms with van der Waals surface area (Å²) in [5, 5.41) is 6.18. The standard InChI is InChI=1S/C6H13FN2/c1-8-6-4-9-3-5(6)2-7/h5-6,8-9H,2-4H2,1H3/t5-,6+/m0/s1. The average Bonchev–Trinajstić information content (AvgIpc) is 2.33. The molecule has 0 spiro atoms. The molecule has 0 aromatic rings. The maximum atomic E-state index is 12.1. The third-order valence-electron chi connectivity index (χ3n) is 1.91. The Kier molecular flexibility index (Phi) is 2.42. The number of alkyl halides is 1. The van der Waals surface area contributed by atoms with Crippen molar-refractivity contribution in [2.45, 2.75) is 6.04 Å². The van der Waals surface area contributed by atoms with Crippen molar-refractivity contribution in [3.63, 3.8) is 0 Å². The van der Waals surface area contributed by atoms with Crippen LogP contribution in [0.2, 0.25) is 0 Å². The lowest BCUT2D eigenvalue weighted by Gasteiger charge is -2.12. The SMILES string of the molecule is CN[C@@H]1CNC[C@@H]1CF. The van der Waals surface area contributed by atoms with E-state index in [1.54, 1.807) is 0 Å². The van der Waals surface area contributed by atoms with Gasteiger partial charge in [-0.15, -0.1) is 0 Å². The number of hydrogen-bond acceptors (Lipinski definition) is 2. The third-order valence-corrected chi connectivity index (χ3v) is 1.91. The van der Waals surface area contributed by atoms with Gasteiger partial charge in [0.25, 0.3) is 0 Å². The molecule has 2 N–H and O–H groups in total. The van der Waals surface area contributed by atoms with E-state index in [0.717, 1.165) is 13.1 Å². The van der Waals surface area contributed by atoms with E-state index >= 15 is 0 Å². The molecule has 9 heavy (non-hydrogen) atoms. The first-order chi connectivity index (χ1) is 4.38. The summed E-state index contributed by atoms with van der Waals surface area (Å²) >= 11 is 0. The summed E-state index contributed by atoms with van der Waals surface area (Å²) in [7, 11) is 1.88. The summed E-state index contributed by atoms with van der Waals surface area (Å²) in [4.78, 5) is 0. The molecule has 0 aromatic carbocycles. The number of likely N-dealkylation sites (N-methyl/N-ethyl adjacent to an activating group) is 1. The number of nitrogens with one attached hydrogen (secondary N) is 2. The van der Waals surface area contributed by atoms with Crippen molar-refractivity contribution >= 4 is 0 Å². The minimum Gasteiger partial charge on any atom is -0.315 e. The highest BCUT2D eigenvalue weighted by Crippen LogP contribution is 2.07. The Labute approximate surface area is 54.8 Å². The summed E-state index contributed by atoms with van der Waals surface area (Å²) < 4.78 is 12.1. The Balaban J connectivity index is 2.32. The Morgan fingerprint density at radius 2 is 2.44 bits per heavy atom. The minimum atomic E-state index is -0.210. The van der Waals surface area contributed by atoms with E-state index in [0.29, 0.717) is 6.04 Å². The first-order valence-corrected chi connectivity index (χ1v) is 3.32. The summed E-state index contributed by atoms with van der Waals surface area (Å²) in [6.07, 6.45) is 0. The molecule has 1 rings (SSSR count). The fourth-order valence-corrected chi connectivity index (χ4v) is 1.23. The summed E-state index contributed by atoms with van der Waals surface area (Å²) in [5.74, 6) is 0.190. The number of halogens is 1. The second-order valence-electron chi connectivity index (χ2n) is 2.47. The molecular weight excluding hydrogens is 119 g/mol. The predicted octanol–water partition coefficient (Wildman–Crippen LogP) is -0.237. The molecule has 0 saturated carbocycles. The van der Waals surface area contributed by atoms with Crippen molar-refractivity contribution in [3.8, 4) is 0 Å². The first kappa shape index (κ1) is 6.96. The molecule has 0 radical (unpaired) electrons. The predicted molar refractivity (Wildman–Crippen MR) is 35.2 cm³/mol. The average molecular weight is 132 g/mol. The Morgan fingerprint density at radius 3 is 2.89 bits per heavy atom. The van der Waals surface area contributed by atoms with Gasteiger partial charge >= 0.3 is 0 Å². The van der Waals surface area contributed by atoms with Gasteiger partial charge in [-0.2, -0.15) is 0 Å². The van der Waals surface area contributed by atoms with Crippen LogP contribution < -0.4 is 10.6 Å². The third kappa shape index (κ3) is 1.40. The molecule has 1 aliphatic rings. The van der Waals surface area contributed by atoms with Crippen LogP contribution in [0.15, 0.2) is 0 Å². The highest BCUT2D eigenvalue weighted by Gasteiger charge is 2.24. The molecule has 0 aromatic heterocycles.